The fourth-order valence-corrected chi connectivity index (χ4v) is 1.96. The highest BCUT2D eigenvalue weighted by Gasteiger charge is 2.14. The Morgan fingerprint density at radius 1 is 1.15 bits per heavy atom. The van der Waals surface area contributed by atoms with E-state index in [-0.39, 0.29) is 22.0 Å². The van der Waals surface area contributed by atoms with Crippen LogP contribution in [0, 0.1) is 4.91 Å². The molecule has 5 nitrogen and oxygen atoms in total. The van der Waals surface area contributed by atoms with Gasteiger partial charge in [-0.15, -0.1) is 0 Å². The molecule has 0 spiro atoms. The van der Waals surface area contributed by atoms with Crippen LogP contribution in [-0.2, 0) is 0 Å². The molecule has 0 aliphatic heterocycles. The molecule has 0 aromatic heterocycles. The fraction of sp³-hybridized carbons (Fsp3) is 0. The van der Waals surface area contributed by atoms with Crippen molar-refractivity contribution in [2.75, 3.05) is 5.32 Å². The molecule has 0 aliphatic carbocycles. The summed E-state index contributed by atoms with van der Waals surface area (Å²) in [5.74, 6) is -0.754. The topological polar surface area (TPSA) is 80.4 Å². The molecule has 0 atom stereocenters. The Morgan fingerprint density at radius 3 is 2.55 bits per heavy atom. The quantitative estimate of drug-likeness (QED) is 0.814. The number of amides is 1. The number of benzene rings is 2. The van der Waals surface area contributed by atoms with E-state index in [0.29, 0.717) is 10.7 Å². The number of aromatic hydroxyl groups is 1. The van der Waals surface area contributed by atoms with E-state index in [9.17, 15) is 14.8 Å². The third-order valence-electron chi connectivity index (χ3n) is 2.54. The number of anilines is 1. The monoisotopic (exact) mass is 311 g/mol. The second kappa shape index (κ2) is 5.90. The number of carbonyl (C=O) groups is 1. The highest BCUT2D eigenvalue weighted by molar-refractivity contribution is 6.34. The van der Waals surface area contributed by atoms with Crippen molar-refractivity contribution < 1.29 is 15.1 Å². The summed E-state index contributed by atoms with van der Waals surface area (Å²) in [6.07, 6.45) is 0. The lowest BCUT2D eigenvalue weighted by Gasteiger charge is -2.08. The van der Waals surface area contributed by atoms with E-state index >= 15 is 0 Å². The molecule has 7 heteroatoms. The van der Waals surface area contributed by atoms with Gasteiger partial charge >= 0.3 is 0 Å². The molecule has 2 aromatic carbocycles. The van der Waals surface area contributed by atoms with Crippen LogP contribution < -0.4 is 10.5 Å². The zero-order valence-electron chi connectivity index (χ0n) is 9.98. The highest BCUT2D eigenvalue weighted by atomic mass is 35.5. The smallest absolute Gasteiger partial charge is 0.259 e. The Hall–Kier alpha value is -2.11. The SMILES string of the molecule is O=[NH+]c1ccc(NC(=O)c2cc(Cl)ccc2O)c(Cl)c1. The van der Waals surface area contributed by atoms with Gasteiger partial charge in [-0.2, -0.15) is 0 Å². The summed E-state index contributed by atoms with van der Waals surface area (Å²) in [6.45, 7) is 0. The summed E-state index contributed by atoms with van der Waals surface area (Å²) in [5, 5.41) is 14.4. The summed E-state index contributed by atoms with van der Waals surface area (Å²) in [7, 11) is 0. The first-order valence-electron chi connectivity index (χ1n) is 5.49. The Bertz CT molecular complexity index is 689. The van der Waals surface area contributed by atoms with E-state index in [0.717, 1.165) is 0 Å². The lowest BCUT2D eigenvalue weighted by molar-refractivity contribution is -0.379. The second-order valence-corrected chi connectivity index (χ2v) is 4.76. The maximum absolute atomic E-state index is 12.0. The van der Waals surface area contributed by atoms with E-state index in [1.165, 1.54) is 36.4 Å². The Morgan fingerprint density at radius 2 is 1.90 bits per heavy atom. The number of phenolic OH excluding ortho intramolecular Hbond substituents is 1. The summed E-state index contributed by atoms with van der Waals surface area (Å²) in [4.78, 5) is 22.5. The van der Waals surface area contributed by atoms with Crippen molar-refractivity contribution in [2.45, 2.75) is 0 Å². The molecule has 0 radical (unpaired) electrons. The van der Waals surface area contributed by atoms with Crippen molar-refractivity contribution in [3.05, 3.63) is 56.9 Å². The van der Waals surface area contributed by atoms with Gasteiger partial charge in [-0.25, -0.2) is 0 Å². The third kappa shape index (κ3) is 3.07. The van der Waals surface area contributed by atoms with Crippen molar-refractivity contribution in [1.82, 2.24) is 0 Å². The Balaban J connectivity index is 2.28. The number of halogens is 2. The predicted octanol–water partition coefficient (Wildman–Crippen LogP) is 2.43. The van der Waals surface area contributed by atoms with E-state index in [1.54, 1.807) is 5.18 Å². The summed E-state index contributed by atoms with van der Waals surface area (Å²) in [5.41, 5.74) is 0.619. The first kappa shape index (κ1) is 14.3. The normalized spacial score (nSPS) is 10.1. The molecule has 0 saturated heterocycles. The van der Waals surface area contributed by atoms with Crippen LogP contribution in [0.5, 0.6) is 5.75 Å². The third-order valence-corrected chi connectivity index (χ3v) is 3.09. The van der Waals surface area contributed by atoms with Crippen LogP contribution in [0.2, 0.25) is 10.0 Å². The minimum absolute atomic E-state index is 0.0274. The van der Waals surface area contributed by atoms with Gasteiger partial charge in [0.05, 0.1) is 16.3 Å². The predicted molar refractivity (Wildman–Crippen MR) is 76.5 cm³/mol. The van der Waals surface area contributed by atoms with Crippen molar-refractivity contribution >= 4 is 40.5 Å². The number of hydrogen-bond acceptors (Lipinski definition) is 3. The number of phenols is 1. The molecule has 3 N–H and O–H groups in total. The molecule has 20 heavy (non-hydrogen) atoms. The lowest BCUT2D eigenvalue weighted by atomic mass is 10.2. The molecular formula is C13H9Cl2N2O3+. The van der Waals surface area contributed by atoms with Crippen molar-refractivity contribution in [3.8, 4) is 5.75 Å². The number of nitroso groups, excluding NO2 is 1. The van der Waals surface area contributed by atoms with Gasteiger partial charge < -0.3 is 10.4 Å². The average molecular weight is 312 g/mol. The van der Waals surface area contributed by atoms with Crippen LogP contribution in [0.4, 0.5) is 11.4 Å². The molecule has 2 rings (SSSR count). The first-order valence-corrected chi connectivity index (χ1v) is 6.24. The number of hydrogen-bond donors (Lipinski definition) is 3. The first-order chi connectivity index (χ1) is 9.51. The molecule has 102 valence electrons. The van der Waals surface area contributed by atoms with Crippen LogP contribution >= 0.6 is 23.2 Å². The number of rotatable bonds is 3. The average Bonchev–Trinajstić information content (AvgIpc) is 2.43. The van der Waals surface area contributed by atoms with Gasteiger partial charge in [0.25, 0.3) is 11.6 Å². The highest BCUT2D eigenvalue weighted by Crippen LogP contribution is 2.26. The van der Waals surface area contributed by atoms with E-state index in [2.05, 4.69) is 5.32 Å². The van der Waals surface area contributed by atoms with Crippen molar-refractivity contribution in [3.63, 3.8) is 0 Å². The summed E-state index contributed by atoms with van der Waals surface area (Å²) in [6, 6.07) is 8.45. The van der Waals surface area contributed by atoms with Crippen LogP contribution in [-0.4, -0.2) is 11.0 Å². The summed E-state index contributed by atoms with van der Waals surface area (Å²) >= 11 is 11.7. The standard InChI is InChI=1S/C13H8Cl2N2O3/c14-7-1-4-12(18)9(5-7)13(19)16-11-3-2-8(17-20)6-10(11)15/h1-6,18H,(H,16,19)/p+1. The number of carbonyl (C=O) groups excluding carboxylic acids is 1. The van der Waals surface area contributed by atoms with Gasteiger partial charge in [0.1, 0.15) is 5.75 Å². The van der Waals surface area contributed by atoms with Gasteiger partial charge in [0.15, 0.2) is 0 Å². The molecule has 0 heterocycles. The van der Waals surface area contributed by atoms with E-state index < -0.39 is 5.91 Å². The largest absolute Gasteiger partial charge is 0.507 e. The second-order valence-electron chi connectivity index (χ2n) is 3.91. The van der Waals surface area contributed by atoms with Gasteiger partial charge in [-0.05, 0) is 24.3 Å². The Labute approximate surface area is 124 Å². The molecule has 0 saturated carbocycles. The van der Waals surface area contributed by atoms with Crippen molar-refractivity contribution in [1.29, 1.82) is 0 Å². The molecule has 0 aliphatic rings. The van der Waals surface area contributed by atoms with Crippen molar-refractivity contribution in [2.24, 2.45) is 0 Å². The van der Waals surface area contributed by atoms with Crippen LogP contribution in [0.3, 0.4) is 0 Å². The van der Waals surface area contributed by atoms with Crippen LogP contribution in [0.15, 0.2) is 36.4 Å². The zero-order chi connectivity index (χ0) is 14.7. The van der Waals surface area contributed by atoms with Crippen LogP contribution in [0.1, 0.15) is 10.4 Å². The van der Waals surface area contributed by atoms with Gasteiger partial charge in [-0.1, -0.05) is 23.2 Å². The molecule has 0 unspecified atom stereocenters. The molecule has 0 bridgehead atoms. The lowest BCUT2D eigenvalue weighted by Crippen LogP contribution is -2.55. The molecule has 0 fully saturated rings. The minimum atomic E-state index is -0.560. The number of nitrogens with one attached hydrogen (secondary N) is 2. The maximum atomic E-state index is 12.0. The fourth-order valence-electron chi connectivity index (χ4n) is 1.56. The minimum Gasteiger partial charge on any atom is -0.507 e. The van der Waals surface area contributed by atoms with E-state index in [1.807, 2.05) is 0 Å². The van der Waals surface area contributed by atoms with E-state index in [4.69, 9.17) is 23.2 Å². The maximum Gasteiger partial charge on any atom is 0.259 e. The molecule has 1 amide bonds. The molecule has 2 aromatic rings. The Kier molecular flexibility index (Phi) is 4.22. The summed E-state index contributed by atoms with van der Waals surface area (Å²) < 4.78 is 0. The van der Waals surface area contributed by atoms with Gasteiger partial charge in [0.2, 0.25) is 0 Å². The van der Waals surface area contributed by atoms with Crippen LogP contribution in [0.25, 0.3) is 0 Å². The zero-order valence-corrected chi connectivity index (χ0v) is 11.5. The molecular weight excluding hydrogens is 303 g/mol. The van der Waals surface area contributed by atoms with Gasteiger partial charge in [0, 0.05) is 27.2 Å². The van der Waals surface area contributed by atoms with Gasteiger partial charge in [-0.3, -0.25) is 4.79 Å².